The summed E-state index contributed by atoms with van der Waals surface area (Å²) in [4.78, 5) is 2.60. The highest BCUT2D eigenvalue weighted by molar-refractivity contribution is 4.77. The number of aliphatic hydroxyl groups excluding tert-OH is 1. The first-order valence-corrected chi connectivity index (χ1v) is 7.70. The van der Waals surface area contributed by atoms with Gasteiger partial charge in [0.25, 0.3) is 0 Å². The van der Waals surface area contributed by atoms with E-state index < -0.39 is 0 Å². The highest BCUT2D eigenvalue weighted by atomic mass is 16.3. The van der Waals surface area contributed by atoms with E-state index in [1.54, 1.807) is 0 Å². The van der Waals surface area contributed by atoms with Gasteiger partial charge in [0.1, 0.15) is 0 Å². The van der Waals surface area contributed by atoms with Crippen LogP contribution in [0.3, 0.4) is 0 Å². The Labute approximate surface area is 107 Å². The van der Waals surface area contributed by atoms with Gasteiger partial charge >= 0.3 is 0 Å². The summed E-state index contributed by atoms with van der Waals surface area (Å²) in [5.74, 6) is 0. The quantitative estimate of drug-likeness (QED) is 0.657. The van der Waals surface area contributed by atoms with Gasteiger partial charge in [-0.05, 0) is 25.7 Å². The summed E-state index contributed by atoms with van der Waals surface area (Å²) < 4.78 is 0. The summed E-state index contributed by atoms with van der Waals surface area (Å²) in [6.07, 6.45) is 11.5. The van der Waals surface area contributed by atoms with Gasteiger partial charge in [-0.25, -0.2) is 0 Å². The third-order valence-corrected chi connectivity index (χ3v) is 4.13. The van der Waals surface area contributed by atoms with Crippen LogP contribution in [0.5, 0.6) is 0 Å². The maximum atomic E-state index is 9.53. The van der Waals surface area contributed by atoms with E-state index in [9.17, 15) is 5.11 Å². The number of piperidine rings is 1. The van der Waals surface area contributed by atoms with Gasteiger partial charge in [0.15, 0.2) is 0 Å². The van der Waals surface area contributed by atoms with Crippen LogP contribution in [0.15, 0.2) is 0 Å². The van der Waals surface area contributed by atoms with Crippen molar-refractivity contribution >= 4 is 0 Å². The molecule has 0 saturated carbocycles. The number of unbranched alkanes of at least 4 members (excludes halogenated alkanes) is 4. The molecule has 0 aromatic heterocycles. The molecule has 0 bridgehead atoms. The van der Waals surface area contributed by atoms with Crippen LogP contribution in [0.2, 0.25) is 0 Å². The van der Waals surface area contributed by atoms with Crippen LogP contribution in [0, 0.1) is 0 Å². The molecule has 0 aromatic carbocycles. The van der Waals surface area contributed by atoms with E-state index in [4.69, 9.17) is 0 Å². The first-order valence-electron chi connectivity index (χ1n) is 7.70. The fourth-order valence-corrected chi connectivity index (χ4v) is 2.88. The zero-order chi connectivity index (χ0) is 12.5. The molecule has 0 aromatic rings. The second-order valence-electron chi connectivity index (χ2n) is 5.53. The third kappa shape index (κ3) is 5.87. The molecule has 1 rings (SSSR count). The van der Waals surface area contributed by atoms with Crippen LogP contribution < -0.4 is 0 Å². The lowest BCUT2D eigenvalue weighted by atomic mass is 9.99. The van der Waals surface area contributed by atoms with Gasteiger partial charge < -0.3 is 10.0 Å². The minimum Gasteiger partial charge on any atom is -0.393 e. The molecule has 0 spiro atoms. The van der Waals surface area contributed by atoms with Crippen molar-refractivity contribution in [3.63, 3.8) is 0 Å². The lowest BCUT2D eigenvalue weighted by molar-refractivity contribution is 0.0566. The van der Waals surface area contributed by atoms with Crippen molar-refractivity contribution in [1.82, 2.24) is 4.90 Å². The number of hydrogen-bond acceptors (Lipinski definition) is 2. The summed E-state index contributed by atoms with van der Waals surface area (Å²) >= 11 is 0. The van der Waals surface area contributed by atoms with Crippen LogP contribution in [0.25, 0.3) is 0 Å². The molecule has 1 heterocycles. The molecule has 1 aliphatic rings. The number of likely N-dealkylation sites (tertiary alicyclic amines) is 1. The molecule has 17 heavy (non-hydrogen) atoms. The first kappa shape index (κ1) is 15.0. The van der Waals surface area contributed by atoms with Gasteiger partial charge in [-0.2, -0.15) is 0 Å². The number of aliphatic hydroxyl groups is 1. The van der Waals surface area contributed by atoms with Gasteiger partial charge in [0.2, 0.25) is 0 Å². The predicted molar refractivity (Wildman–Crippen MR) is 74.3 cm³/mol. The second kappa shape index (κ2) is 8.93. The summed E-state index contributed by atoms with van der Waals surface area (Å²) in [5, 5.41) is 9.53. The Balaban J connectivity index is 2.14. The molecule has 1 N–H and O–H groups in total. The summed E-state index contributed by atoms with van der Waals surface area (Å²) in [6, 6.07) is 0.768. The predicted octanol–water partition coefficient (Wildman–Crippen LogP) is 3.58. The normalized spacial score (nSPS) is 20.6. The SMILES string of the molecule is CCCCCCCC(CC)N1CCC(O)CC1. The first-order chi connectivity index (χ1) is 8.27. The van der Waals surface area contributed by atoms with Crippen molar-refractivity contribution in [3.05, 3.63) is 0 Å². The van der Waals surface area contributed by atoms with E-state index in [2.05, 4.69) is 18.7 Å². The zero-order valence-electron chi connectivity index (χ0n) is 11.8. The molecular weight excluding hydrogens is 210 g/mol. The Hall–Kier alpha value is -0.0800. The maximum Gasteiger partial charge on any atom is 0.0564 e. The largest absolute Gasteiger partial charge is 0.393 e. The summed E-state index contributed by atoms with van der Waals surface area (Å²) in [7, 11) is 0. The smallest absolute Gasteiger partial charge is 0.0564 e. The van der Waals surface area contributed by atoms with Crippen molar-refractivity contribution in [1.29, 1.82) is 0 Å². The fraction of sp³-hybridized carbons (Fsp3) is 1.00. The van der Waals surface area contributed by atoms with E-state index >= 15 is 0 Å². The third-order valence-electron chi connectivity index (χ3n) is 4.13. The Morgan fingerprint density at radius 3 is 2.29 bits per heavy atom. The molecule has 1 unspecified atom stereocenters. The number of hydrogen-bond donors (Lipinski definition) is 1. The minimum absolute atomic E-state index is 0.0340. The summed E-state index contributed by atoms with van der Waals surface area (Å²) in [5.41, 5.74) is 0. The number of nitrogens with zero attached hydrogens (tertiary/aromatic N) is 1. The van der Waals surface area contributed by atoms with Gasteiger partial charge in [0, 0.05) is 19.1 Å². The highest BCUT2D eigenvalue weighted by Crippen LogP contribution is 2.19. The van der Waals surface area contributed by atoms with Crippen molar-refractivity contribution in [2.75, 3.05) is 13.1 Å². The molecule has 1 saturated heterocycles. The van der Waals surface area contributed by atoms with E-state index in [0.29, 0.717) is 0 Å². The molecule has 0 aliphatic carbocycles. The van der Waals surface area contributed by atoms with E-state index in [0.717, 1.165) is 32.0 Å². The second-order valence-corrected chi connectivity index (χ2v) is 5.53. The fourth-order valence-electron chi connectivity index (χ4n) is 2.88. The molecule has 1 fully saturated rings. The standard InChI is InChI=1S/C15H31NO/c1-3-5-6-7-8-9-14(4-2)16-12-10-15(17)11-13-16/h14-15,17H,3-13H2,1-2H3. The molecule has 102 valence electrons. The van der Waals surface area contributed by atoms with Crippen molar-refractivity contribution in [3.8, 4) is 0 Å². The Kier molecular flexibility index (Phi) is 7.87. The molecule has 2 heteroatoms. The monoisotopic (exact) mass is 241 g/mol. The van der Waals surface area contributed by atoms with Crippen LogP contribution >= 0.6 is 0 Å². The van der Waals surface area contributed by atoms with Crippen LogP contribution in [0.1, 0.15) is 71.6 Å². The van der Waals surface area contributed by atoms with E-state index in [1.807, 2.05) is 0 Å². The molecular formula is C15H31NO. The van der Waals surface area contributed by atoms with Gasteiger partial charge in [0.05, 0.1) is 6.10 Å². The average Bonchev–Trinajstić information content (AvgIpc) is 2.35. The van der Waals surface area contributed by atoms with Crippen LogP contribution in [-0.4, -0.2) is 35.2 Å². The molecule has 0 amide bonds. The topological polar surface area (TPSA) is 23.5 Å². The van der Waals surface area contributed by atoms with Crippen molar-refractivity contribution in [2.45, 2.75) is 83.8 Å². The maximum absolute atomic E-state index is 9.53. The Morgan fingerprint density at radius 2 is 1.71 bits per heavy atom. The Bertz CT molecular complexity index is 176. The molecule has 1 aliphatic heterocycles. The van der Waals surface area contributed by atoms with Crippen LogP contribution in [-0.2, 0) is 0 Å². The minimum atomic E-state index is -0.0340. The number of rotatable bonds is 8. The van der Waals surface area contributed by atoms with Gasteiger partial charge in [-0.3, -0.25) is 0 Å². The molecule has 2 nitrogen and oxygen atoms in total. The van der Waals surface area contributed by atoms with Gasteiger partial charge in [-0.15, -0.1) is 0 Å². The Morgan fingerprint density at radius 1 is 1.06 bits per heavy atom. The lowest BCUT2D eigenvalue weighted by Crippen LogP contribution is -2.42. The zero-order valence-corrected chi connectivity index (χ0v) is 11.8. The van der Waals surface area contributed by atoms with E-state index in [-0.39, 0.29) is 6.10 Å². The van der Waals surface area contributed by atoms with Crippen molar-refractivity contribution < 1.29 is 5.11 Å². The van der Waals surface area contributed by atoms with E-state index in [1.165, 1.54) is 44.9 Å². The molecule has 1 atom stereocenters. The summed E-state index contributed by atoms with van der Waals surface area (Å²) in [6.45, 7) is 6.79. The van der Waals surface area contributed by atoms with Gasteiger partial charge in [-0.1, -0.05) is 46.0 Å². The molecule has 0 radical (unpaired) electrons. The highest BCUT2D eigenvalue weighted by Gasteiger charge is 2.22. The van der Waals surface area contributed by atoms with Crippen LogP contribution in [0.4, 0.5) is 0 Å². The lowest BCUT2D eigenvalue weighted by Gasteiger charge is -2.36. The van der Waals surface area contributed by atoms with Crippen molar-refractivity contribution in [2.24, 2.45) is 0 Å². The average molecular weight is 241 g/mol.